The van der Waals surface area contributed by atoms with E-state index >= 15 is 0 Å². The summed E-state index contributed by atoms with van der Waals surface area (Å²) < 4.78 is 35.9. The van der Waals surface area contributed by atoms with E-state index in [4.69, 9.17) is 44.3 Å². The van der Waals surface area contributed by atoms with Crippen molar-refractivity contribution >= 4 is 61.9 Å². The van der Waals surface area contributed by atoms with E-state index in [-0.39, 0.29) is 42.1 Å². The summed E-state index contributed by atoms with van der Waals surface area (Å²) in [7, 11) is -3.91. The Labute approximate surface area is 199 Å². The number of halogens is 3. The third-order valence-corrected chi connectivity index (χ3v) is 8.93. The minimum Gasteiger partial charge on any atom is -0.507 e. The van der Waals surface area contributed by atoms with E-state index in [1.807, 2.05) is 0 Å². The van der Waals surface area contributed by atoms with Gasteiger partial charge in [-0.1, -0.05) is 40.9 Å². The molecule has 1 N–H and O–H groups in total. The van der Waals surface area contributed by atoms with Crippen molar-refractivity contribution in [2.45, 2.75) is 17.1 Å². The maximum Gasteiger partial charge on any atom is 0.341 e. The molecule has 1 aliphatic heterocycles. The third-order valence-electron chi connectivity index (χ3n) is 4.63. The highest BCUT2D eigenvalue weighted by atomic mass is 35.5. The molecule has 2 heterocycles. The van der Waals surface area contributed by atoms with E-state index in [0.717, 1.165) is 31.0 Å². The number of hydrogen-bond donors (Lipinski definition) is 1. The van der Waals surface area contributed by atoms with Gasteiger partial charge in [0.05, 0.1) is 30.6 Å². The van der Waals surface area contributed by atoms with Crippen LogP contribution in [-0.4, -0.2) is 63.8 Å². The van der Waals surface area contributed by atoms with Gasteiger partial charge in [0.2, 0.25) is 0 Å². The van der Waals surface area contributed by atoms with Crippen LogP contribution < -0.4 is 0 Å². The van der Waals surface area contributed by atoms with Crippen LogP contribution >= 0.6 is 46.1 Å². The monoisotopic (exact) mass is 527 g/mol. The van der Waals surface area contributed by atoms with Crippen LogP contribution in [0.4, 0.5) is 0 Å². The molecule has 1 aliphatic rings. The van der Waals surface area contributed by atoms with Crippen molar-refractivity contribution in [2.24, 2.45) is 0 Å². The van der Waals surface area contributed by atoms with Crippen molar-refractivity contribution in [2.75, 3.05) is 39.5 Å². The van der Waals surface area contributed by atoms with Gasteiger partial charge in [0.1, 0.15) is 24.9 Å². The molecule has 0 amide bonds. The number of aromatic hydroxyl groups is 1. The van der Waals surface area contributed by atoms with E-state index in [1.165, 1.54) is 18.2 Å². The number of esters is 1. The summed E-state index contributed by atoms with van der Waals surface area (Å²) >= 11 is 18.6. The quantitative estimate of drug-likeness (QED) is 0.404. The summed E-state index contributed by atoms with van der Waals surface area (Å²) in [4.78, 5) is 14.2. The molecule has 0 atom stereocenters. The highest BCUT2D eigenvalue weighted by Gasteiger charge is 2.27. The van der Waals surface area contributed by atoms with Gasteiger partial charge in [-0.2, -0.15) is 0 Å². The van der Waals surface area contributed by atoms with Gasteiger partial charge in [0.25, 0.3) is 0 Å². The Morgan fingerprint density at radius 2 is 1.90 bits per heavy atom. The van der Waals surface area contributed by atoms with Crippen LogP contribution in [0.5, 0.6) is 5.75 Å². The van der Waals surface area contributed by atoms with Gasteiger partial charge in [-0.3, -0.25) is 4.90 Å². The lowest BCUT2D eigenvalue weighted by atomic mass is 10.1. The second kappa shape index (κ2) is 10.7. The van der Waals surface area contributed by atoms with Crippen molar-refractivity contribution in [3.8, 4) is 5.75 Å². The Kier molecular flexibility index (Phi) is 8.48. The highest BCUT2D eigenvalue weighted by Crippen LogP contribution is 2.43. The number of morpholine rings is 1. The molecule has 12 heteroatoms. The fourth-order valence-electron chi connectivity index (χ4n) is 3.09. The predicted octanol–water partition coefficient (Wildman–Crippen LogP) is 4.27. The molecule has 1 aromatic carbocycles. The van der Waals surface area contributed by atoms with Crippen LogP contribution in [0.1, 0.15) is 22.3 Å². The average Bonchev–Trinajstić information content (AvgIpc) is 2.97. The molecule has 2 aromatic rings. The fourth-order valence-corrected chi connectivity index (χ4v) is 7.43. The molecule has 1 aromatic heterocycles. The second-order valence-corrected chi connectivity index (χ2v) is 11.4. The number of carbonyl (C=O) groups is 1. The zero-order valence-electron chi connectivity index (χ0n) is 16.3. The number of nitrogens with zero attached hydrogens (tertiary/aromatic N) is 1. The van der Waals surface area contributed by atoms with Crippen LogP contribution in [0, 0.1) is 0 Å². The summed E-state index contributed by atoms with van der Waals surface area (Å²) in [6.07, 6.45) is 0.660. The van der Waals surface area contributed by atoms with Gasteiger partial charge >= 0.3 is 5.97 Å². The molecule has 0 spiro atoms. The second-order valence-electron chi connectivity index (χ2n) is 6.85. The lowest BCUT2D eigenvalue weighted by molar-refractivity contribution is 0.0297. The summed E-state index contributed by atoms with van der Waals surface area (Å²) in [5.41, 5.74) is 0.220. The standard InChI is InChI=1S/C19H20Cl3NO6S2/c20-15-16(18(22)30-17(15)21)31(26,27)11-12-2-3-13(14(24)10-12)19(25)29-7-1-4-23-5-8-28-9-6-23/h2-3,10,24H,1,4-9,11H2. The van der Waals surface area contributed by atoms with Crippen molar-refractivity contribution < 1.29 is 27.8 Å². The zero-order valence-corrected chi connectivity index (χ0v) is 20.2. The van der Waals surface area contributed by atoms with E-state index in [2.05, 4.69) is 4.90 Å². The van der Waals surface area contributed by atoms with Gasteiger partial charge in [-0.05, 0) is 24.1 Å². The Balaban J connectivity index is 1.59. The third kappa shape index (κ3) is 6.25. The van der Waals surface area contributed by atoms with Gasteiger partial charge in [0.15, 0.2) is 9.84 Å². The molecule has 0 radical (unpaired) electrons. The molecule has 7 nitrogen and oxygen atoms in total. The average molecular weight is 529 g/mol. The van der Waals surface area contributed by atoms with Gasteiger partial charge in [-0.25, -0.2) is 13.2 Å². The van der Waals surface area contributed by atoms with E-state index in [9.17, 15) is 18.3 Å². The molecule has 0 saturated carbocycles. The summed E-state index contributed by atoms with van der Waals surface area (Å²) in [6, 6.07) is 3.96. The maximum atomic E-state index is 12.7. The van der Waals surface area contributed by atoms with Crippen LogP contribution in [0.2, 0.25) is 13.7 Å². The number of benzene rings is 1. The molecule has 31 heavy (non-hydrogen) atoms. The summed E-state index contributed by atoms with van der Waals surface area (Å²) in [6.45, 7) is 4.11. The number of thiophene rings is 1. The molecule has 0 aliphatic carbocycles. The molecule has 1 saturated heterocycles. The molecular weight excluding hydrogens is 509 g/mol. The largest absolute Gasteiger partial charge is 0.507 e. The summed E-state index contributed by atoms with van der Waals surface area (Å²) in [5, 5.41) is 10.1. The van der Waals surface area contributed by atoms with E-state index < -0.39 is 21.6 Å². The number of phenolic OH excluding ortho intramolecular Hbond substituents is 1. The first kappa shape index (κ1) is 24.6. The molecule has 3 rings (SSSR count). The van der Waals surface area contributed by atoms with E-state index in [1.54, 1.807) is 0 Å². The van der Waals surface area contributed by atoms with Crippen LogP contribution in [0.3, 0.4) is 0 Å². The fraction of sp³-hybridized carbons (Fsp3) is 0.421. The Hall–Kier alpha value is -1.07. The van der Waals surface area contributed by atoms with Crippen molar-refractivity contribution in [3.05, 3.63) is 43.0 Å². The molecule has 0 bridgehead atoms. The Morgan fingerprint density at radius 3 is 2.52 bits per heavy atom. The van der Waals surface area contributed by atoms with Gasteiger partial charge < -0.3 is 14.6 Å². The normalized spacial score (nSPS) is 15.2. The van der Waals surface area contributed by atoms with Crippen LogP contribution in [-0.2, 0) is 25.1 Å². The highest BCUT2D eigenvalue weighted by molar-refractivity contribution is 7.91. The maximum absolute atomic E-state index is 12.7. The van der Waals surface area contributed by atoms with E-state index in [0.29, 0.717) is 19.6 Å². The predicted molar refractivity (Wildman–Crippen MR) is 121 cm³/mol. The summed E-state index contributed by atoms with van der Waals surface area (Å²) in [5.74, 6) is -1.52. The molecule has 1 fully saturated rings. The SMILES string of the molecule is O=C(OCCCN1CCOCC1)c1ccc(CS(=O)(=O)c2c(Cl)sc(Cl)c2Cl)cc1O. The number of phenols is 1. The Bertz CT molecular complexity index is 1050. The lowest BCUT2D eigenvalue weighted by Crippen LogP contribution is -2.37. The van der Waals surface area contributed by atoms with Gasteiger partial charge in [0, 0.05) is 19.6 Å². The molecule has 170 valence electrons. The first-order valence-electron chi connectivity index (χ1n) is 9.34. The Morgan fingerprint density at radius 1 is 1.19 bits per heavy atom. The lowest BCUT2D eigenvalue weighted by Gasteiger charge is -2.26. The van der Waals surface area contributed by atoms with Gasteiger partial charge in [-0.15, -0.1) is 11.3 Å². The minimum atomic E-state index is -3.91. The first-order chi connectivity index (χ1) is 14.7. The topological polar surface area (TPSA) is 93.1 Å². The number of rotatable bonds is 8. The number of ether oxygens (including phenoxy) is 2. The van der Waals surface area contributed by atoms with Crippen molar-refractivity contribution in [1.82, 2.24) is 4.90 Å². The smallest absolute Gasteiger partial charge is 0.341 e. The number of carbonyl (C=O) groups excluding carboxylic acids is 1. The molecule has 0 unspecified atom stereocenters. The molecular formula is C19H20Cl3NO6S2. The van der Waals surface area contributed by atoms with Crippen molar-refractivity contribution in [1.29, 1.82) is 0 Å². The van der Waals surface area contributed by atoms with Crippen molar-refractivity contribution in [3.63, 3.8) is 0 Å². The van der Waals surface area contributed by atoms with Crippen LogP contribution in [0.25, 0.3) is 0 Å². The minimum absolute atomic E-state index is 0.0310. The first-order valence-corrected chi connectivity index (χ1v) is 12.9. The number of sulfone groups is 1. The van der Waals surface area contributed by atoms with Crippen LogP contribution in [0.15, 0.2) is 23.1 Å². The zero-order chi connectivity index (χ0) is 22.6. The number of hydrogen-bond acceptors (Lipinski definition) is 8.